The monoisotopic (exact) mass is 527 g/mol. The van der Waals surface area contributed by atoms with E-state index in [4.69, 9.17) is 10.3 Å². The van der Waals surface area contributed by atoms with Crippen LogP contribution in [0.2, 0.25) is 0 Å². The van der Waals surface area contributed by atoms with Gasteiger partial charge in [0.25, 0.3) is 11.5 Å². The molecule has 0 saturated heterocycles. The van der Waals surface area contributed by atoms with Gasteiger partial charge in [-0.2, -0.15) is 4.74 Å². The Bertz CT molecular complexity index is 1850. The number of rotatable bonds is 6. The fourth-order valence-corrected chi connectivity index (χ4v) is 4.89. The van der Waals surface area contributed by atoms with Gasteiger partial charge in [0.1, 0.15) is 11.6 Å². The Hall–Kier alpha value is -4.99. The number of primary amides is 1. The molecule has 3 N–H and O–H groups in total. The third-order valence-corrected chi connectivity index (χ3v) is 6.60. The van der Waals surface area contributed by atoms with E-state index in [1.165, 1.54) is 19.2 Å². The average Bonchev–Trinajstić information content (AvgIpc) is 3.38. The molecule has 39 heavy (non-hydrogen) atoms. The van der Waals surface area contributed by atoms with Crippen molar-refractivity contribution in [3.05, 3.63) is 93.5 Å². The molecule has 0 aliphatic carbocycles. The van der Waals surface area contributed by atoms with Gasteiger partial charge in [0.15, 0.2) is 5.69 Å². The number of amides is 2. The second-order valence-electron chi connectivity index (χ2n) is 9.24. The number of carbonyl (C=O) groups is 2. The van der Waals surface area contributed by atoms with Crippen LogP contribution in [0.4, 0.5) is 10.1 Å². The third kappa shape index (κ3) is 4.50. The molecule has 0 radical (unpaired) electrons. The minimum atomic E-state index is -0.608. The van der Waals surface area contributed by atoms with Crippen LogP contribution in [0.3, 0.4) is 0 Å². The molecule has 0 fully saturated rings. The van der Waals surface area contributed by atoms with E-state index in [9.17, 15) is 14.4 Å². The van der Waals surface area contributed by atoms with Gasteiger partial charge in [-0.15, -0.1) is 0 Å². The third-order valence-electron chi connectivity index (χ3n) is 6.60. The average molecular weight is 528 g/mol. The zero-order valence-corrected chi connectivity index (χ0v) is 21.8. The normalized spacial score (nSPS) is 11.2. The predicted octanol–water partition coefficient (Wildman–Crippen LogP) is 4.79. The number of carbonyl (C=O) groups excluding carboxylic acids is 2. The lowest BCUT2D eigenvalue weighted by Gasteiger charge is -2.13. The zero-order chi connectivity index (χ0) is 28.0. The zero-order valence-electron chi connectivity index (χ0n) is 21.8. The van der Waals surface area contributed by atoms with Crippen molar-refractivity contribution in [2.45, 2.75) is 27.3 Å². The van der Waals surface area contributed by atoms with Gasteiger partial charge in [0.2, 0.25) is 5.91 Å². The Morgan fingerprint density at radius 3 is 2.51 bits per heavy atom. The number of aromatic nitrogens is 3. The van der Waals surface area contributed by atoms with E-state index in [0.29, 0.717) is 51.6 Å². The molecule has 2 amide bonds. The van der Waals surface area contributed by atoms with Crippen molar-refractivity contribution in [3.8, 4) is 22.4 Å². The van der Waals surface area contributed by atoms with Crippen molar-refractivity contribution in [2.24, 2.45) is 12.8 Å². The van der Waals surface area contributed by atoms with Gasteiger partial charge in [-0.1, -0.05) is 12.1 Å². The molecule has 0 aliphatic rings. The standard InChI is InChI=1S/C29H26FN5O4/c1-5-35-23(21-10-9-17(13-22(21)30)24-16(3)39-34(4)29(24)38)14-19-11-15(2)32-25(26(19)35)28(37)33-20-8-6-7-18(12-20)27(31)36/h6-14H,5H2,1-4H3,(H2,31,36)(H,33,37). The van der Waals surface area contributed by atoms with Crippen LogP contribution in [0, 0.1) is 19.7 Å². The SMILES string of the molecule is CCn1c(-c2ccc(-c3c(C)on(C)c3=O)cc2F)cc2cc(C)nc(C(=O)Nc3cccc(C(N)=O)c3)c21. The van der Waals surface area contributed by atoms with Crippen LogP contribution in [0.1, 0.15) is 39.2 Å². The molecule has 0 spiro atoms. The Balaban J connectivity index is 1.61. The van der Waals surface area contributed by atoms with E-state index in [0.717, 1.165) is 10.1 Å². The number of fused-ring (bicyclic) bond motifs is 1. The van der Waals surface area contributed by atoms with Gasteiger partial charge in [-0.25, -0.2) is 9.37 Å². The van der Waals surface area contributed by atoms with E-state index in [1.54, 1.807) is 44.2 Å². The van der Waals surface area contributed by atoms with Crippen LogP contribution in [0.5, 0.6) is 0 Å². The Labute approximate surface area is 222 Å². The fourth-order valence-electron chi connectivity index (χ4n) is 4.89. The number of nitrogens with one attached hydrogen (secondary N) is 1. The lowest BCUT2D eigenvalue weighted by atomic mass is 10.0. The largest absolute Gasteiger partial charge is 0.381 e. The second-order valence-corrected chi connectivity index (χ2v) is 9.24. The van der Waals surface area contributed by atoms with Gasteiger partial charge in [-0.3, -0.25) is 14.4 Å². The Kier molecular flexibility index (Phi) is 6.39. The van der Waals surface area contributed by atoms with Crippen molar-refractivity contribution in [2.75, 3.05) is 5.32 Å². The summed E-state index contributed by atoms with van der Waals surface area (Å²) >= 11 is 0. The summed E-state index contributed by atoms with van der Waals surface area (Å²) in [6.45, 7) is 5.76. The summed E-state index contributed by atoms with van der Waals surface area (Å²) < 4.78 is 23.9. The first kappa shape index (κ1) is 25.7. The van der Waals surface area contributed by atoms with E-state index in [1.807, 2.05) is 23.6 Å². The van der Waals surface area contributed by atoms with Crippen molar-refractivity contribution in [3.63, 3.8) is 0 Å². The maximum absolute atomic E-state index is 15.6. The van der Waals surface area contributed by atoms with Gasteiger partial charge in [0, 0.05) is 41.5 Å². The van der Waals surface area contributed by atoms with Crippen molar-refractivity contribution in [1.82, 2.24) is 14.3 Å². The summed E-state index contributed by atoms with van der Waals surface area (Å²) in [5.74, 6) is -1.21. The Morgan fingerprint density at radius 2 is 1.87 bits per heavy atom. The number of pyridine rings is 1. The first-order valence-corrected chi connectivity index (χ1v) is 12.3. The molecule has 9 nitrogen and oxygen atoms in total. The highest BCUT2D eigenvalue weighted by atomic mass is 19.1. The quantitative estimate of drug-likeness (QED) is 0.329. The number of anilines is 1. The molecule has 5 aromatic rings. The molecule has 3 aromatic heterocycles. The topological polar surface area (TPSA) is 125 Å². The van der Waals surface area contributed by atoms with Crippen LogP contribution < -0.4 is 16.6 Å². The molecule has 0 bridgehead atoms. The lowest BCUT2D eigenvalue weighted by Crippen LogP contribution is -2.17. The number of aryl methyl sites for hydroxylation is 4. The molecule has 0 atom stereocenters. The number of nitrogens with two attached hydrogens (primary N) is 1. The molecule has 5 rings (SSSR count). The molecule has 0 saturated carbocycles. The maximum Gasteiger partial charge on any atom is 0.290 e. The smallest absolute Gasteiger partial charge is 0.290 e. The summed E-state index contributed by atoms with van der Waals surface area (Å²) in [6, 6.07) is 14.6. The van der Waals surface area contributed by atoms with Crippen molar-refractivity contribution >= 4 is 28.4 Å². The van der Waals surface area contributed by atoms with Crippen LogP contribution in [-0.4, -0.2) is 26.1 Å². The van der Waals surface area contributed by atoms with Gasteiger partial charge in [-0.05, 0) is 68.8 Å². The van der Waals surface area contributed by atoms with E-state index >= 15 is 4.39 Å². The van der Waals surface area contributed by atoms with Crippen LogP contribution in [0.25, 0.3) is 33.3 Å². The molecular weight excluding hydrogens is 501 g/mol. The highest BCUT2D eigenvalue weighted by molar-refractivity contribution is 6.12. The number of hydrogen-bond acceptors (Lipinski definition) is 5. The molecule has 0 aliphatic heterocycles. The summed E-state index contributed by atoms with van der Waals surface area (Å²) in [4.78, 5) is 41.9. The summed E-state index contributed by atoms with van der Waals surface area (Å²) in [5.41, 5.74) is 8.59. The number of halogens is 1. The van der Waals surface area contributed by atoms with Crippen LogP contribution in [-0.2, 0) is 13.6 Å². The van der Waals surface area contributed by atoms with Crippen molar-refractivity contribution < 1.29 is 18.5 Å². The predicted molar refractivity (Wildman–Crippen MR) is 146 cm³/mol. The van der Waals surface area contributed by atoms with Crippen LogP contribution in [0.15, 0.2) is 63.9 Å². The van der Waals surface area contributed by atoms with E-state index in [-0.39, 0.29) is 16.8 Å². The van der Waals surface area contributed by atoms with Gasteiger partial charge >= 0.3 is 0 Å². The summed E-state index contributed by atoms with van der Waals surface area (Å²) in [6.07, 6.45) is 0. The fraction of sp³-hybridized carbons (Fsp3) is 0.172. The first-order valence-electron chi connectivity index (χ1n) is 12.3. The minimum Gasteiger partial charge on any atom is -0.381 e. The Morgan fingerprint density at radius 1 is 1.10 bits per heavy atom. The number of benzene rings is 2. The van der Waals surface area contributed by atoms with Gasteiger partial charge < -0.3 is 20.1 Å². The first-order chi connectivity index (χ1) is 18.6. The van der Waals surface area contributed by atoms with Gasteiger partial charge in [0.05, 0.1) is 16.8 Å². The number of hydrogen-bond donors (Lipinski definition) is 2. The lowest BCUT2D eigenvalue weighted by molar-refractivity contribution is 0.0995. The van der Waals surface area contributed by atoms with Crippen LogP contribution >= 0.6 is 0 Å². The summed E-state index contributed by atoms with van der Waals surface area (Å²) in [5, 5.41) is 3.51. The molecule has 3 heterocycles. The molecule has 2 aromatic carbocycles. The molecular formula is C29H26FN5O4. The summed E-state index contributed by atoms with van der Waals surface area (Å²) in [7, 11) is 1.50. The highest BCUT2D eigenvalue weighted by Gasteiger charge is 2.22. The number of nitrogens with zero attached hydrogens (tertiary/aromatic N) is 3. The molecule has 198 valence electrons. The van der Waals surface area contributed by atoms with E-state index in [2.05, 4.69) is 10.3 Å². The molecule has 0 unspecified atom stereocenters. The highest BCUT2D eigenvalue weighted by Crippen LogP contribution is 2.34. The minimum absolute atomic E-state index is 0.164. The van der Waals surface area contributed by atoms with Crippen molar-refractivity contribution in [1.29, 1.82) is 0 Å². The maximum atomic E-state index is 15.6. The molecule has 10 heteroatoms. The second kappa shape index (κ2) is 9.71. The van der Waals surface area contributed by atoms with E-state index < -0.39 is 17.6 Å².